The summed E-state index contributed by atoms with van der Waals surface area (Å²) in [6.07, 6.45) is 2.66. The topological polar surface area (TPSA) is 61.7 Å². The van der Waals surface area contributed by atoms with Crippen molar-refractivity contribution < 1.29 is 14.9 Å². The molecule has 0 aromatic heterocycles. The van der Waals surface area contributed by atoms with E-state index in [1.807, 2.05) is 19.2 Å². The Kier molecular flexibility index (Phi) is 4.58. The normalized spacial score (nSPS) is 20.3. The monoisotopic (exact) mass is 251 g/mol. The third-order valence-electron chi connectivity index (χ3n) is 3.43. The number of aliphatic hydroxyl groups is 2. The van der Waals surface area contributed by atoms with Gasteiger partial charge in [-0.05, 0) is 49.6 Å². The Balaban J connectivity index is 2.10. The molecule has 4 heteroatoms. The average Bonchev–Trinajstić information content (AvgIpc) is 2.43. The summed E-state index contributed by atoms with van der Waals surface area (Å²) in [6.45, 7) is -0.149. The van der Waals surface area contributed by atoms with Crippen LogP contribution in [0.5, 0.6) is 5.75 Å². The summed E-state index contributed by atoms with van der Waals surface area (Å²) < 4.78 is 5.48. The Labute approximate surface area is 108 Å². The number of hydrogen-bond donors (Lipinski definition) is 3. The fraction of sp³-hybridized carbons (Fsp3) is 0.571. The van der Waals surface area contributed by atoms with Crippen LogP contribution in [0, 0.1) is 0 Å². The molecule has 0 bridgehead atoms. The van der Waals surface area contributed by atoms with E-state index in [9.17, 15) is 5.11 Å². The lowest BCUT2D eigenvalue weighted by Crippen LogP contribution is -2.23. The third-order valence-corrected chi connectivity index (χ3v) is 3.43. The highest BCUT2D eigenvalue weighted by molar-refractivity contribution is 5.39. The number of aliphatic hydroxyl groups excluding tert-OH is 2. The van der Waals surface area contributed by atoms with Crippen LogP contribution >= 0.6 is 0 Å². The van der Waals surface area contributed by atoms with Crippen LogP contribution in [-0.4, -0.2) is 36.6 Å². The van der Waals surface area contributed by atoms with Crippen LogP contribution in [-0.2, 0) is 6.42 Å². The molecule has 0 radical (unpaired) electrons. The molecule has 0 spiro atoms. The molecule has 1 aromatic rings. The molecule has 0 heterocycles. The van der Waals surface area contributed by atoms with E-state index < -0.39 is 6.10 Å². The van der Waals surface area contributed by atoms with Gasteiger partial charge in [-0.3, -0.25) is 0 Å². The second-order valence-electron chi connectivity index (χ2n) is 4.74. The van der Waals surface area contributed by atoms with Gasteiger partial charge in [0.25, 0.3) is 0 Å². The zero-order valence-corrected chi connectivity index (χ0v) is 10.7. The largest absolute Gasteiger partial charge is 0.491 e. The van der Waals surface area contributed by atoms with Gasteiger partial charge >= 0.3 is 0 Å². The molecule has 0 saturated carbocycles. The zero-order chi connectivity index (χ0) is 13.0. The fourth-order valence-corrected chi connectivity index (χ4v) is 2.41. The molecule has 18 heavy (non-hydrogen) atoms. The molecule has 1 aliphatic rings. The van der Waals surface area contributed by atoms with Crippen LogP contribution in [0.3, 0.4) is 0 Å². The SMILES string of the molecule is CNC1CCCc2ccc(OCC(O)CO)cc21. The van der Waals surface area contributed by atoms with Gasteiger partial charge in [0.15, 0.2) is 0 Å². The van der Waals surface area contributed by atoms with E-state index in [2.05, 4.69) is 11.4 Å². The van der Waals surface area contributed by atoms with Crippen molar-refractivity contribution in [3.63, 3.8) is 0 Å². The minimum absolute atomic E-state index is 0.125. The molecule has 100 valence electrons. The average molecular weight is 251 g/mol. The van der Waals surface area contributed by atoms with Crippen LogP contribution < -0.4 is 10.1 Å². The molecule has 2 rings (SSSR count). The highest BCUT2D eigenvalue weighted by Crippen LogP contribution is 2.32. The van der Waals surface area contributed by atoms with E-state index in [1.54, 1.807) is 0 Å². The van der Waals surface area contributed by atoms with E-state index in [0.29, 0.717) is 6.04 Å². The summed E-state index contributed by atoms with van der Waals surface area (Å²) in [4.78, 5) is 0. The van der Waals surface area contributed by atoms with Crippen LogP contribution in [0.1, 0.15) is 30.0 Å². The van der Waals surface area contributed by atoms with Crippen molar-refractivity contribution in [3.8, 4) is 5.75 Å². The van der Waals surface area contributed by atoms with Crippen molar-refractivity contribution in [2.24, 2.45) is 0 Å². The molecular weight excluding hydrogens is 230 g/mol. The van der Waals surface area contributed by atoms with Gasteiger partial charge in [0.05, 0.1) is 6.61 Å². The Bertz CT molecular complexity index is 395. The molecule has 0 amide bonds. The number of fused-ring (bicyclic) bond motifs is 1. The smallest absolute Gasteiger partial charge is 0.119 e. The van der Waals surface area contributed by atoms with Crippen molar-refractivity contribution in [1.82, 2.24) is 5.32 Å². The predicted octanol–water partition coefficient (Wildman–Crippen LogP) is 1.02. The Morgan fingerprint density at radius 3 is 3.06 bits per heavy atom. The van der Waals surface area contributed by atoms with Gasteiger partial charge in [0.2, 0.25) is 0 Å². The van der Waals surface area contributed by atoms with Crippen molar-refractivity contribution in [1.29, 1.82) is 0 Å². The fourth-order valence-electron chi connectivity index (χ4n) is 2.41. The molecular formula is C14H21NO3. The van der Waals surface area contributed by atoms with Crippen molar-refractivity contribution in [2.75, 3.05) is 20.3 Å². The first-order valence-electron chi connectivity index (χ1n) is 6.46. The predicted molar refractivity (Wildman–Crippen MR) is 69.8 cm³/mol. The lowest BCUT2D eigenvalue weighted by Gasteiger charge is -2.25. The standard InChI is InChI=1S/C14H21NO3/c1-15-14-4-2-3-10-5-6-12(7-13(10)14)18-9-11(17)8-16/h5-7,11,14-17H,2-4,8-9H2,1H3. The molecule has 3 N–H and O–H groups in total. The van der Waals surface area contributed by atoms with Crippen molar-refractivity contribution >= 4 is 0 Å². The van der Waals surface area contributed by atoms with Crippen molar-refractivity contribution in [2.45, 2.75) is 31.4 Å². The van der Waals surface area contributed by atoms with E-state index >= 15 is 0 Å². The Morgan fingerprint density at radius 2 is 2.33 bits per heavy atom. The number of nitrogens with one attached hydrogen (secondary N) is 1. The van der Waals surface area contributed by atoms with Gasteiger partial charge in [0.1, 0.15) is 18.5 Å². The summed E-state index contributed by atoms with van der Waals surface area (Å²) in [5, 5.41) is 21.3. The number of aryl methyl sites for hydroxylation is 1. The molecule has 0 saturated heterocycles. The summed E-state index contributed by atoms with van der Waals surface area (Å²) >= 11 is 0. The van der Waals surface area contributed by atoms with Crippen molar-refractivity contribution in [3.05, 3.63) is 29.3 Å². The van der Waals surface area contributed by atoms with Crippen LogP contribution in [0.15, 0.2) is 18.2 Å². The van der Waals surface area contributed by atoms with Gasteiger partial charge in [0, 0.05) is 6.04 Å². The van der Waals surface area contributed by atoms with E-state index in [1.165, 1.54) is 17.5 Å². The first-order valence-corrected chi connectivity index (χ1v) is 6.46. The number of rotatable bonds is 5. The van der Waals surface area contributed by atoms with Gasteiger partial charge in [-0.1, -0.05) is 6.07 Å². The van der Waals surface area contributed by atoms with Crippen LogP contribution in [0.2, 0.25) is 0 Å². The molecule has 2 atom stereocenters. The maximum atomic E-state index is 9.27. The van der Waals surface area contributed by atoms with E-state index in [-0.39, 0.29) is 13.2 Å². The lowest BCUT2D eigenvalue weighted by atomic mass is 9.87. The van der Waals surface area contributed by atoms with Gasteiger partial charge < -0.3 is 20.3 Å². The second kappa shape index (κ2) is 6.18. The van der Waals surface area contributed by atoms with Crippen LogP contribution in [0.4, 0.5) is 0 Å². The highest BCUT2D eigenvalue weighted by atomic mass is 16.5. The van der Waals surface area contributed by atoms with E-state index in [4.69, 9.17) is 9.84 Å². The molecule has 0 fully saturated rings. The van der Waals surface area contributed by atoms with Gasteiger partial charge in [-0.2, -0.15) is 0 Å². The maximum absolute atomic E-state index is 9.27. The quantitative estimate of drug-likeness (QED) is 0.731. The zero-order valence-electron chi connectivity index (χ0n) is 10.7. The molecule has 4 nitrogen and oxygen atoms in total. The molecule has 1 aromatic carbocycles. The maximum Gasteiger partial charge on any atom is 0.119 e. The Morgan fingerprint density at radius 1 is 1.50 bits per heavy atom. The lowest BCUT2D eigenvalue weighted by molar-refractivity contribution is 0.0535. The second-order valence-corrected chi connectivity index (χ2v) is 4.74. The summed E-state index contributed by atoms with van der Waals surface area (Å²) in [7, 11) is 1.98. The molecule has 0 aliphatic heterocycles. The minimum Gasteiger partial charge on any atom is -0.491 e. The summed E-state index contributed by atoms with van der Waals surface area (Å²) in [5.74, 6) is 0.753. The number of benzene rings is 1. The first-order chi connectivity index (χ1) is 8.74. The number of ether oxygens (including phenoxy) is 1. The molecule has 1 aliphatic carbocycles. The summed E-state index contributed by atoms with van der Waals surface area (Å²) in [5.41, 5.74) is 2.66. The molecule has 2 unspecified atom stereocenters. The summed E-state index contributed by atoms with van der Waals surface area (Å²) in [6, 6.07) is 6.46. The number of hydrogen-bond acceptors (Lipinski definition) is 4. The first kappa shape index (κ1) is 13.3. The van der Waals surface area contributed by atoms with Gasteiger partial charge in [-0.25, -0.2) is 0 Å². The van der Waals surface area contributed by atoms with Gasteiger partial charge in [-0.15, -0.1) is 0 Å². The van der Waals surface area contributed by atoms with E-state index in [0.717, 1.165) is 18.6 Å². The third kappa shape index (κ3) is 3.02. The Hall–Kier alpha value is -1.10. The highest BCUT2D eigenvalue weighted by Gasteiger charge is 2.19. The van der Waals surface area contributed by atoms with Crippen LogP contribution in [0.25, 0.3) is 0 Å². The minimum atomic E-state index is -0.818.